The number of hydrogen-bond acceptors (Lipinski definition) is 5. The fourth-order valence-electron chi connectivity index (χ4n) is 1.74. The van der Waals surface area contributed by atoms with Crippen molar-refractivity contribution in [3.05, 3.63) is 11.5 Å². The maximum absolute atomic E-state index is 12.3. The number of nitrogens with zero attached hydrogens (tertiary/aromatic N) is 2. The van der Waals surface area contributed by atoms with Crippen LogP contribution in [0.25, 0.3) is 0 Å². The molecule has 0 saturated heterocycles. The van der Waals surface area contributed by atoms with Crippen LogP contribution in [-0.2, 0) is 10.0 Å². The van der Waals surface area contributed by atoms with Gasteiger partial charge in [-0.1, -0.05) is 5.16 Å². The lowest BCUT2D eigenvalue weighted by Gasteiger charge is -2.16. The lowest BCUT2D eigenvalue weighted by molar-refractivity contribution is 0.281. The van der Waals surface area contributed by atoms with Crippen LogP contribution >= 0.6 is 0 Å². The van der Waals surface area contributed by atoms with E-state index in [1.54, 1.807) is 20.9 Å². The van der Waals surface area contributed by atoms with Crippen LogP contribution in [0.4, 0.5) is 0 Å². The van der Waals surface area contributed by atoms with Gasteiger partial charge in [0.15, 0.2) is 5.76 Å². The first-order chi connectivity index (χ1) is 8.41. The Kier molecular flexibility index (Phi) is 5.30. The fourth-order valence-corrected chi connectivity index (χ4v) is 3.23. The van der Waals surface area contributed by atoms with Crippen molar-refractivity contribution < 1.29 is 18.0 Å². The predicted molar refractivity (Wildman–Crippen MR) is 66.7 cm³/mol. The van der Waals surface area contributed by atoms with Gasteiger partial charge in [0.05, 0.1) is 0 Å². The highest BCUT2D eigenvalue weighted by molar-refractivity contribution is 7.89. The zero-order valence-electron chi connectivity index (χ0n) is 11.0. The number of aliphatic hydroxyl groups excluding tert-OH is 1. The molecule has 0 fully saturated rings. The van der Waals surface area contributed by atoms with E-state index in [0.717, 1.165) is 12.8 Å². The van der Waals surface area contributed by atoms with Gasteiger partial charge in [0.2, 0.25) is 10.0 Å². The Bertz CT molecular complexity index is 462. The van der Waals surface area contributed by atoms with Gasteiger partial charge in [-0.25, -0.2) is 12.7 Å². The first-order valence-electron chi connectivity index (χ1n) is 5.91. The maximum Gasteiger partial charge on any atom is 0.248 e. The number of unbranched alkanes of at least 4 members (excludes halogenated alkanes) is 2. The molecule has 0 atom stereocenters. The van der Waals surface area contributed by atoms with E-state index < -0.39 is 10.0 Å². The van der Waals surface area contributed by atoms with E-state index in [2.05, 4.69) is 5.16 Å². The molecule has 7 heteroatoms. The second-order valence-corrected chi connectivity index (χ2v) is 6.25. The van der Waals surface area contributed by atoms with Crippen molar-refractivity contribution in [1.82, 2.24) is 9.46 Å². The SMILES string of the molecule is Cc1noc(C)c1S(=O)(=O)N(C)CCCCCO. The molecule has 1 N–H and O–H groups in total. The van der Waals surface area contributed by atoms with Gasteiger partial charge < -0.3 is 9.63 Å². The van der Waals surface area contributed by atoms with Gasteiger partial charge in [-0.3, -0.25) is 0 Å². The molecular weight excluding hydrogens is 256 g/mol. The first kappa shape index (κ1) is 15.1. The van der Waals surface area contributed by atoms with Crippen LogP contribution < -0.4 is 0 Å². The molecule has 0 aliphatic carbocycles. The van der Waals surface area contributed by atoms with Gasteiger partial charge in [-0.2, -0.15) is 0 Å². The summed E-state index contributed by atoms with van der Waals surface area (Å²) in [6, 6.07) is 0. The number of sulfonamides is 1. The summed E-state index contributed by atoms with van der Waals surface area (Å²) in [5.41, 5.74) is 0.384. The van der Waals surface area contributed by atoms with Gasteiger partial charge >= 0.3 is 0 Å². The topological polar surface area (TPSA) is 83.6 Å². The highest BCUT2D eigenvalue weighted by Crippen LogP contribution is 2.22. The van der Waals surface area contributed by atoms with E-state index in [-0.39, 0.29) is 11.5 Å². The van der Waals surface area contributed by atoms with Crippen molar-refractivity contribution >= 4 is 10.0 Å². The Hall–Kier alpha value is -0.920. The second-order valence-electron chi connectivity index (χ2n) is 4.26. The zero-order chi connectivity index (χ0) is 13.8. The van der Waals surface area contributed by atoms with Gasteiger partial charge in [-0.15, -0.1) is 0 Å². The summed E-state index contributed by atoms with van der Waals surface area (Å²) in [6.07, 6.45) is 2.22. The first-order valence-corrected chi connectivity index (χ1v) is 7.35. The monoisotopic (exact) mass is 276 g/mol. The third-order valence-electron chi connectivity index (χ3n) is 2.77. The second kappa shape index (κ2) is 6.31. The molecule has 0 aliphatic rings. The largest absolute Gasteiger partial charge is 0.396 e. The molecule has 104 valence electrons. The molecule has 0 spiro atoms. The maximum atomic E-state index is 12.3. The Labute approximate surface area is 108 Å². The van der Waals surface area contributed by atoms with Crippen molar-refractivity contribution in [2.45, 2.75) is 38.0 Å². The molecular formula is C11H20N2O4S. The molecule has 0 unspecified atom stereocenters. The third-order valence-corrected chi connectivity index (χ3v) is 4.87. The molecule has 6 nitrogen and oxygen atoms in total. The minimum absolute atomic E-state index is 0.139. The normalized spacial score (nSPS) is 12.3. The molecule has 0 bridgehead atoms. The number of aliphatic hydroxyl groups is 1. The van der Waals surface area contributed by atoms with Crippen molar-refractivity contribution in [2.24, 2.45) is 0 Å². The van der Waals surface area contributed by atoms with Crippen LogP contribution in [0.1, 0.15) is 30.7 Å². The number of aryl methyl sites for hydroxylation is 2. The smallest absolute Gasteiger partial charge is 0.248 e. The summed E-state index contributed by atoms with van der Waals surface area (Å²) in [4.78, 5) is 0.159. The standard InChI is InChI=1S/C11H20N2O4S/c1-9-11(10(2)17-12-9)18(15,16)13(3)7-5-4-6-8-14/h14H,4-8H2,1-3H3. The summed E-state index contributed by atoms with van der Waals surface area (Å²) in [5.74, 6) is 0.315. The number of hydrogen-bond donors (Lipinski definition) is 1. The Balaban J connectivity index is 2.75. The molecule has 1 heterocycles. The van der Waals surface area contributed by atoms with E-state index in [0.29, 0.717) is 24.4 Å². The number of rotatable bonds is 7. The van der Waals surface area contributed by atoms with E-state index >= 15 is 0 Å². The molecule has 0 aliphatic heterocycles. The van der Waals surface area contributed by atoms with Gasteiger partial charge in [0, 0.05) is 20.2 Å². The minimum atomic E-state index is -3.53. The Morgan fingerprint density at radius 2 is 1.94 bits per heavy atom. The van der Waals surface area contributed by atoms with E-state index in [9.17, 15) is 8.42 Å². The zero-order valence-corrected chi connectivity index (χ0v) is 11.8. The third kappa shape index (κ3) is 3.30. The van der Waals surface area contributed by atoms with Gasteiger partial charge in [0.25, 0.3) is 0 Å². The highest BCUT2D eigenvalue weighted by Gasteiger charge is 2.27. The van der Waals surface area contributed by atoms with Crippen molar-refractivity contribution in [2.75, 3.05) is 20.2 Å². The van der Waals surface area contributed by atoms with Crippen molar-refractivity contribution in [1.29, 1.82) is 0 Å². The number of aromatic nitrogens is 1. The molecule has 0 saturated carbocycles. The average molecular weight is 276 g/mol. The summed E-state index contributed by atoms with van der Waals surface area (Å²) >= 11 is 0. The van der Waals surface area contributed by atoms with Crippen LogP contribution in [0, 0.1) is 13.8 Å². The van der Waals surface area contributed by atoms with E-state index in [4.69, 9.17) is 9.63 Å². The highest BCUT2D eigenvalue weighted by atomic mass is 32.2. The summed E-state index contributed by atoms with van der Waals surface area (Å²) in [7, 11) is -1.99. The molecule has 0 radical (unpaired) electrons. The quantitative estimate of drug-likeness (QED) is 0.753. The van der Waals surface area contributed by atoms with Gasteiger partial charge in [0.1, 0.15) is 10.6 Å². The van der Waals surface area contributed by atoms with Crippen LogP contribution in [0.2, 0.25) is 0 Å². The summed E-state index contributed by atoms with van der Waals surface area (Å²) < 4.78 is 30.7. The summed E-state index contributed by atoms with van der Waals surface area (Å²) in [5, 5.41) is 12.3. The Morgan fingerprint density at radius 1 is 1.28 bits per heavy atom. The van der Waals surface area contributed by atoms with Crippen molar-refractivity contribution in [3.8, 4) is 0 Å². The molecule has 0 aromatic carbocycles. The lowest BCUT2D eigenvalue weighted by Crippen LogP contribution is -2.28. The molecule has 0 amide bonds. The van der Waals surface area contributed by atoms with E-state index in [1.807, 2.05) is 0 Å². The summed E-state index contributed by atoms with van der Waals surface area (Å²) in [6.45, 7) is 3.77. The van der Waals surface area contributed by atoms with Crippen LogP contribution in [-0.4, -0.2) is 43.2 Å². The predicted octanol–water partition coefficient (Wildman–Crippen LogP) is 1.07. The van der Waals surface area contributed by atoms with Crippen molar-refractivity contribution in [3.63, 3.8) is 0 Å². The minimum Gasteiger partial charge on any atom is -0.396 e. The van der Waals surface area contributed by atoms with Crippen LogP contribution in [0.15, 0.2) is 9.42 Å². The molecule has 1 aromatic rings. The fraction of sp³-hybridized carbons (Fsp3) is 0.727. The molecule has 1 rings (SSSR count). The lowest BCUT2D eigenvalue weighted by atomic mass is 10.2. The van der Waals surface area contributed by atoms with Gasteiger partial charge in [-0.05, 0) is 33.1 Å². The van der Waals surface area contributed by atoms with E-state index in [1.165, 1.54) is 4.31 Å². The van der Waals surface area contributed by atoms with Crippen LogP contribution in [0.3, 0.4) is 0 Å². The molecule has 1 aromatic heterocycles. The average Bonchev–Trinajstić information content (AvgIpc) is 2.64. The molecule has 18 heavy (non-hydrogen) atoms. The Morgan fingerprint density at radius 3 is 2.44 bits per heavy atom. The van der Waals surface area contributed by atoms with Crippen LogP contribution in [0.5, 0.6) is 0 Å².